The van der Waals surface area contributed by atoms with Gasteiger partial charge in [0, 0.05) is 21.0 Å². The quantitative estimate of drug-likeness (QED) is 0.671. The van der Waals surface area contributed by atoms with Crippen LogP contribution in [0.3, 0.4) is 0 Å². The molecule has 0 atom stereocenters. The molecule has 0 N–H and O–H groups in total. The van der Waals surface area contributed by atoms with Gasteiger partial charge in [0.1, 0.15) is 0 Å². The van der Waals surface area contributed by atoms with Crippen molar-refractivity contribution < 1.29 is 4.79 Å². The van der Waals surface area contributed by atoms with Crippen LogP contribution in [0.1, 0.15) is 48.9 Å². The summed E-state index contributed by atoms with van der Waals surface area (Å²) >= 11 is 1.67. The maximum absolute atomic E-state index is 12.7. The van der Waals surface area contributed by atoms with Crippen LogP contribution in [-0.2, 0) is 0 Å². The molecule has 1 nitrogen and oxygen atoms in total. The Kier molecular flexibility index (Phi) is 3.79. The maximum atomic E-state index is 12.7. The summed E-state index contributed by atoms with van der Waals surface area (Å²) in [6, 6.07) is 8.19. The number of benzene rings is 1. The number of hydrogen-bond donors (Lipinski definition) is 0. The minimum atomic E-state index is 0.249. The Morgan fingerprint density at radius 1 is 1.05 bits per heavy atom. The minimum absolute atomic E-state index is 0.249. The van der Waals surface area contributed by atoms with Gasteiger partial charge in [-0.2, -0.15) is 0 Å². The zero-order valence-electron chi connectivity index (χ0n) is 11.0. The van der Waals surface area contributed by atoms with Crippen molar-refractivity contribution in [3.63, 3.8) is 0 Å². The fourth-order valence-electron chi connectivity index (χ4n) is 2.72. The third-order valence-electron chi connectivity index (χ3n) is 3.81. The second-order valence-corrected chi connectivity index (χ2v) is 6.07. The zero-order valence-corrected chi connectivity index (χ0v) is 11.8. The Labute approximate surface area is 118 Å². The van der Waals surface area contributed by atoms with Crippen molar-refractivity contribution in [2.45, 2.75) is 38.5 Å². The largest absolute Gasteiger partial charge is 0.289 e. The molecule has 1 aliphatic carbocycles. The first-order chi connectivity index (χ1) is 9.36. The first-order valence-electron chi connectivity index (χ1n) is 7.06. The fraction of sp³-hybridized carbons (Fsp3) is 0.353. The van der Waals surface area contributed by atoms with Crippen LogP contribution in [0.15, 0.2) is 41.3 Å². The van der Waals surface area contributed by atoms with E-state index in [1.807, 2.05) is 17.5 Å². The molecule has 0 amide bonds. The minimum Gasteiger partial charge on any atom is -0.289 e. The lowest BCUT2D eigenvalue weighted by Gasteiger charge is -2.10. The maximum Gasteiger partial charge on any atom is 0.190 e. The molecule has 0 saturated heterocycles. The van der Waals surface area contributed by atoms with Gasteiger partial charge in [-0.25, -0.2) is 0 Å². The van der Waals surface area contributed by atoms with Crippen molar-refractivity contribution >= 4 is 27.2 Å². The molecule has 1 aromatic heterocycles. The molecule has 19 heavy (non-hydrogen) atoms. The molecule has 0 fully saturated rings. The molecule has 1 aromatic carbocycles. The van der Waals surface area contributed by atoms with Crippen molar-refractivity contribution in [3.8, 4) is 0 Å². The number of Topliss-reactive ketones (excluding diaryl/α,β-unsaturated/α-hetero) is 1. The number of carbonyl (C=O) groups is 1. The molecule has 1 heterocycles. The fourth-order valence-corrected chi connectivity index (χ4v) is 3.67. The Hall–Kier alpha value is -1.41. The molecule has 2 aromatic rings. The van der Waals surface area contributed by atoms with E-state index in [1.54, 1.807) is 11.3 Å². The number of thiophene rings is 1. The average Bonchev–Trinajstić information content (AvgIpc) is 2.81. The Morgan fingerprint density at radius 3 is 2.84 bits per heavy atom. The molecule has 0 unspecified atom stereocenters. The molecule has 0 bridgehead atoms. The first-order valence-corrected chi connectivity index (χ1v) is 7.94. The number of hydrogen-bond acceptors (Lipinski definition) is 2. The summed E-state index contributed by atoms with van der Waals surface area (Å²) in [5, 5.41) is 3.13. The lowest BCUT2D eigenvalue weighted by molar-refractivity contribution is 0.103. The van der Waals surface area contributed by atoms with Gasteiger partial charge in [-0.3, -0.25) is 4.79 Å². The van der Waals surface area contributed by atoms with Crippen LogP contribution in [-0.4, -0.2) is 5.78 Å². The molecule has 98 valence electrons. The summed E-state index contributed by atoms with van der Waals surface area (Å²) in [7, 11) is 0. The zero-order chi connectivity index (χ0) is 13.1. The van der Waals surface area contributed by atoms with E-state index < -0.39 is 0 Å². The lowest BCUT2D eigenvalue weighted by Crippen LogP contribution is -2.04. The third-order valence-corrected chi connectivity index (χ3v) is 4.77. The van der Waals surface area contributed by atoms with Gasteiger partial charge in [0.2, 0.25) is 0 Å². The topological polar surface area (TPSA) is 17.1 Å². The SMILES string of the molecule is O=C(/C1=C/CCCCCC1)c1csc2ccccc12. The smallest absolute Gasteiger partial charge is 0.190 e. The second-order valence-electron chi connectivity index (χ2n) is 5.16. The van der Waals surface area contributed by atoms with Gasteiger partial charge in [0.15, 0.2) is 5.78 Å². The number of ketones is 1. The van der Waals surface area contributed by atoms with Crippen LogP contribution in [0.25, 0.3) is 10.1 Å². The second kappa shape index (κ2) is 5.70. The molecule has 0 aliphatic heterocycles. The number of allylic oxidation sites excluding steroid dienone is 2. The summed E-state index contributed by atoms with van der Waals surface area (Å²) in [5.41, 5.74) is 1.93. The normalized spacial score (nSPS) is 19.5. The van der Waals surface area contributed by atoms with Crippen molar-refractivity contribution in [2.24, 2.45) is 0 Å². The summed E-state index contributed by atoms with van der Waals surface area (Å²) in [5.74, 6) is 0.249. The Morgan fingerprint density at radius 2 is 1.89 bits per heavy atom. The van der Waals surface area contributed by atoms with E-state index in [2.05, 4.69) is 18.2 Å². The molecular weight excluding hydrogens is 252 g/mol. The standard InChI is InChI=1S/C17H18OS/c18-17(13-8-4-2-1-3-5-9-13)15-12-19-16-11-7-6-10-14(15)16/h6-8,10-12H,1-5,9H2/b13-8+. The highest BCUT2D eigenvalue weighted by Crippen LogP contribution is 2.29. The van der Waals surface area contributed by atoms with Crippen LogP contribution in [0.2, 0.25) is 0 Å². The summed E-state index contributed by atoms with van der Waals surface area (Å²) in [6.07, 6.45) is 9.12. The van der Waals surface area contributed by atoms with E-state index in [0.717, 1.165) is 35.8 Å². The van der Waals surface area contributed by atoms with Gasteiger partial charge in [-0.15, -0.1) is 11.3 Å². The summed E-state index contributed by atoms with van der Waals surface area (Å²) < 4.78 is 1.21. The number of rotatable bonds is 2. The molecular formula is C17H18OS. The third kappa shape index (κ3) is 2.64. The Balaban J connectivity index is 1.94. The van der Waals surface area contributed by atoms with Gasteiger partial charge < -0.3 is 0 Å². The molecule has 2 heteroatoms. The van der Waals surface area contributed by atoms with E-state index in [4.69, 9.17) is 0 Å². The average molecular weight is 270 g/mol. The first kappa shape index (κ1) is 12.6. The van der Waals surface area contributed by atoms with Gasteiger partial charge in [-0.1, -0.05) is 37.1 Å². The van der Waals surface area contributed by atoms with Crippen LogP contribution in [0.5, 0.6) is 0 Å². The highest BCUT2D eigenvalue weighted by molar-refractivity contribution is 7.17. The van der Waals surface area contributed by atoms with Crippen LogP contribution in [0.4, 0.5) is 0 Å². The Bertz CT molecular complexity index is 621. The molecule has 0 saturated carbocycles. The van der Waals surface area contributed by atoms with Crippen LogP contribution in [0, 0.1) is 0 Å². The van der Waals surface area contributed by atoms with E-state index in [1.165, 1.54) is 24.0 Å². The van der Waals surface area contributed by atoms with E-state index in [9.17, 15) is 4.79 Å². The van der Waals surface area contributed by atoms with Crippen molar-refractivity contribution in [2.75, 3.05) is 0 Å². The van der Waals surface area contributed by atoms with Gasteiger partial charge >= 0.3 is 0 Å². The predicted molar refractivity (Wildman–Crippen MR) is 81.9 cm³/mol. The molecule has 1 aliphatic rings. The monoisotopic (exact) mass is 270 g/mol. The highest BCUT2D eigenvalue weighted by atomic mass is 32.1. The van der Waals surface area contributed by atoms with Crippen LogP contribution >= 0.6 is 11.3 Å². The van der Waals surface area contributed by atoms with Gasteiger partial charge in [-0.05, 0) is 37.3 Å². The van der Waals surface area contributed by atoms with E-state index in [-0.39, 0.29) is 5.78 Å². The van der Waals surface area contributed by atoms with Gasteiger partial charge in [0.05, 0.1) is 0 Å². The molecule has 3 rings (SSSR count). The number of fused-ring (bicyclic) bond motifs is 1. The van der Waals surface area contributed by atoms with E-state index in [0.29, 0.717) is 0 Å². The summed E-state index contributed by atoms with van der Waals surface area (Å²) in [4.78, 5) is 12.7. The highest BCUT2D eigenvalue weighted by Gasteiger charge is 2.16. The lowest BCUT2D eigenvalue weighted by atomic mass is 9.94. The molecule has 0 spiro atoms. The number of carbonyl (C=O) groups excluding carboxylic acids is 1. The van der Waals surface area contributed by atoms with E-state index >= 15 is 0 Å². The van der Waals surface area contributed by atoms with Crippen molar-refractivity contribution in [3.05, 3.63) is 46.9 Å². The van der Waals surface area contributed by atoms with Gasteiger partial charge in [0.25, 0.3) is 0 Å². The van der Waals surface area contributed by atoms with Crippen molar-refractivity contribution in [1.82, 2.24) is 0 Å². The predicted octanol–water partition coefficient (Wildman–Crippen LogP) is 5.36. The molecule has 0 radical (unpaired) electrons. The van der Waals surface area contributed by atoms with Crippen LogP contribution < -0.4 is 0 Å². The summed E-state index contributed by atoms with van der Waals surface area (Å²) in [6.45, 7) is 0. The van der Waals surface area contributed by atoms with Crippen molar-refractivity contribution in [1.29, 1.82) is 0 Å².